The van der Waals surface area contributed by atoms with Crippen molar-refractivity contribution in [3.05, 3.63) is 40.9 Å². The highest BCUT2D eigenvalue weighted by Gasteiger charge is 2.07. The predicted molar refractivity (Wildman–Crippen MR) is 87.1 cm³/mol. The number of carboxylic acids is 1. The van der Waals surface area contributed by atoms with E-state index in [1.165, 1.54) is 6.92 Å². The van der Waals surface area contributed by atoms with Gasteiger partial charge in [-0.25, -0.2) is 4.98 Å². The van der Waals surface area contributed by atoms with Crippen LogP contribution >= 0.6 is 0 Å². The fraction of sp³-hybridized carbons (Fsp3) is 0.412. The Hall–Kier alpha value is -2.70. The Kier molecular flexibility index (Phi) is 6.06. The van der Waals surface area contributed by atoms with E-state index in [2.05, 4.69) is 10.3 Å². The maximum atomic E-state index is 12.3. The lowest BCUT2D eigenvalue weighted by Crippen LogP contribution is -2.45. The monoisotopic (exact) mass is 330 g/mol. The second-order valence-electron chi connectivity index (χ2n) is 5.68. The summed E-state index contributed by atoms with van der Waals surface area (Å²) < 4.78 is 1.57. The van der Waals surface area contributed by atoms with Crippen molar-refractivity contribution < 1.29 is 14.7 Å². The van der Waals surface area contributed by atoms with Gasteiger partial charge in [0.15, 0.2) is 0 Å². The van der Waals surface area contributed by atoms with E-state index in [1.54, 1.807) is 23.0 Å². The van der Waals surface area contributed by atoms with Crippen LogP contribution in [0.15, 0.2) is 35.4 Å². The summed E-state index contributed by atoms with van der Waals surface area (Å²) in [5, 5.41) is 13.5. The number of carboxylic acid groups (broad SMARTS) is 1. The minimum atomic E-state index is -1.30. The molecule has 1 atom stereocenters. The average Bonchev–Trinajstić information content (AvgIpc) is 2.56. The predicted octanol–water partition coefficient (Wildman–Crippen LogP) is 0.212. The highest BCUT2D eigenvalue weighted by Crippen LogP contribution is 2.06. The van der Waals surface area contributed by atoms with E-state index in [1.807, 2.05) is 12.1 Å². The standard InChI is InChI=1S/C17H21N3O4/c1-12(17(23)24)19-15(21)9-3-2-6-10-20-11-18-14-8-5-4-7-13(14)16(20)22/h4-5,7-8,11-12H,2-3,6,9-10H2,1H3,(H,19,21)(H,23,24)/p-1/t12-/m0/s1. The molecule has 128 valence electrons. The molecule has 7 nitrogen and oxygen atoms in total. The van der Waals surface area contributed by atoms with Gasteiger partial charge in [0.2, 0.25) is 5.91 Å². The van der Waals surface area contributed by atoms with Gasteiger partial charge in [-0.15, -0.1) is 0 Å². The number of fused-ring (bicyclic) bond motifs is 1. The molecule has 1 aromatic heterocycles. The van der Waals surface area contributed by atoms with Crippen molar-refractivity contribution in [1.29, 1.82) is 0 Å². The molecule has 1 N–H and O–H groups in total. The first-order valence-corrected chi connectivity index (χ1v) is 7.93. The minimum absolute atomic E-state index is 0.0684. The molecule has 1 amide bonds. The summed E-state index contributed by atoms with van der Waals surface area (Å²) in [5.41, 5.74) is 0.610. The van der Waals surface area contributed by atoms with Crippen molar-refractivity contribution in [2.24, 2.45) is 0 Å². The average molecular weight is 330 g/mol. The van der Waals surface area contributed by atoms with E-state index < -0.39 is 12.0 Å². The summed E-state index contributed by atoms with van der Waals surface area (Å²) in [7, 11) is 0. The fourth-order valence-electron chi connectivity index (χ4n) is 2.38. The molecule has 0 aliphatic rings. The van der Waals surface area contributed by atoms with Crippen LogP contribution in [0.25, 0.3) is 10.9 Å². The van der Waals surface area contributed by atoms with Gasteiger partial charge in [0, 0.05) is 13.0 Å². The number of carbonyl (C=O) groups is 2. The fourth-order valence-corrected chi connectivity index (χ4v) is 2.38. The zero-order valence-electron chi connectivity index (χ0n) is 13.5. The number of nitrogens with zero attached hydrogens (tertiary/aromatic N) is 2. The van der Waals surface area contributed by atoms with Crippen LogP contribution in [0.4, 0.5) is 0 Å². The minimum Gasteiger partial charge on any atom is -0.548 e. The summed E-state index contributed by atoms with van der Waals surface area (Å²) in [6.07, 6.45) is 3.92. The largest absolute Gasteiger partial charge is 0.548 e. The molecular weight excluding hydrogens is 310 g/mol. The van der Waals surface area contributed by atoms with Crippen LogP contribution in [0.1, 0.15) is 32.6 Å². The molecule has 0 saturated heterocycles. The van der Waals surface area contributed by atoms with Crippen molar-refractivity contribution in [2.75, 3.05) is 0 Å². The third kappa shape index (κ3) is 4.65. The van der Waals surface area contributed by atoms with Crippen molar-refractivity contribution in [3.63, 3.8) is 0 Å². The molecule has 0 saturated carbocycles. The van der Waals surface area contributed by atoms with Crippen LogP contribution in [-0.4, -0.2) is 27.5 Å². The molecule has 0 unspecified atom stereocenters. The van der Waals surface area contributed by atoms with E-state index in [4.69, 9.17) is 0 Å². The van der Waals surface area contributed by atoms with Gasteiger partial charge < -0.3 is 15.2 Å². The summed E-state index contributed by atoms with van der Waals surface area (Å²) in [6.45, 7) is 1.90. The number of amides is 1. The van der Waals surface area contributed by atoms with Gasteiger partial charge in [0.1, 0.15) is 0 Å². The summed E-state index contributed by atoms with van der Waals surface area (Å²) in [5.74, 6) is -1.61. The number of benzene rings is 1. The van der Waals surface area contributed by atoms with E-state index in [-0.39, 0.29) is 17.9 Å². The van der Waals surface area contributed by atoms with Gasteiger partial charge in [-0.2, -0.15) is 0 Å². The molecule has 24 heavy (non-hydrogen) atoms. The van der Waals surface area contributed by atoms with Gasteiger partial charge in [-0.1, -0.05) is 18.6 Å². The smallest absolute Gasteiger partial charge is 0.261 e. The molecule has 0 radical (unpaired) electrons. The number of nitrogens with one attached hydrogen (secondary N) is 1. The second kappa shape index (κ2) is 8.24. The maximum Gasteiger partial charge on any atom is 0.261 e. The maximum absolute atomic E-state index is 12.3. The number of carbonyl (C=O) groups excluding carboxylic acids is 2. The van der Waals surface area contributed by atoms with Crippen molar-refractivity contribution >= 4 is 22.8 Å². The van der Waals surface area contributed by atoms with Crippen LogP contribution in [0.3, 0.4) is 0 Å². The number of rotatable bonds is 8. The zero-order chi connectivity index (χ0) is 17.5. The Bertz CT molecular complexity index is 785. The third-order valence-corrected chi connectivity index (χ3v) is 3.77. The Morgan fingerprint density at radius 1 is 1.25 bits per heavy atom. The van der Waals surface area contributed by atoms with E-state index in [9.17, 15) is 19.5 Å². The lowest BCUT2D eigenvalue weighted by molar-refractivity contribution is -0.307. The van der Waals surface area contributed by atoms with Crippen molar-refractivity contribution in [2.45, 2.75) is 45.2 Å². The first-order chi connectivity index (χ1) is 11.5. The van der Waals surface area contributed by atoms with Gasteiger partial charge in [0.25, 0.3) is 5.56 Å². The summed E-state index contributed by atoms with van der Waals surface area (Å²) in [6, 6.07) is 6.21. The van der Waals surface area contributed by atoms with Crippen molar-refractivity contribution in [3.8, 4) is 0 Å². The van der Waals surface area contributed by atoms with Gasteiger partial charge in [-0.3, -0.25) is 14.2 Å². The SMILES string of the molecule is C[C@H](NC(=O)CCCCCn1cnc2ccccc2c1=O)C(=O)[O-]. The van der Waals surface area contributed by atoms with Gasteiger partial charge in [0.05, 0.1) is 29.2 Å². The van der Waals surface area contributed by atoms with Crippen LogP contribution in [-0.2, 0) is 16.1 Å². The molecule has 0 aliphatic carbocycles. The molecule has 2 rings (SSSR count). The normalized spacial score (nSPS) is 12.0. The molecule has 0 fully saturated rings. The first kappa shape index (κ1) is 17.7. The van der Waals surface area contributed by atoms with E-state index >= 15 is 0 Å². The van der Waals surface area contributed by atoms with Crippen LogP contribution in [0.5, 0.6) is 0 Å². The number of aryl methyl sites for hydroxylation is 1. The Morgan fingerprint density at radius 3 is 2.75 bits per heavy atom. The molecule has 1 heterocycles. The van der Waals surface area contributed by atoms with Crippen LogP contribution in [0.2, 0.25) is 0 Å². The molecule has 0 bridgehead atoms. The highest BCUT2D eigenvalue weighted by atomic mass is 16.4. The molecule has 1 aromatic carbocycles. The quantitative estimate of drug-likeness (QED) is 0.697. The lowest BCUT2D eigenvalue weighted by Gasteiger charge is -2.14. The Morgan fingerprint density at radius 2 is 2.00 bits per heavy atom. The number of aliphatic carboxylic acids is 1. The summed E-state index contributed by atoms with van der Waals surface area (Å²) >= 11 is 0. The van der Waals surface area contributed by atoms with Crippen molar-refractivity contribution in [1.82, 2.24) is 14.9 Å². The third-order valence-electron chi connectivity index (χ3n) is 3.77. The summed E-state index contributed by atoms with van der Waals surface area (Å²) in [4.78, 5) is 38.6. The van der Waals surface area contributed by atoms with Crippen LogP contribution < -0.4 is 16.0 Å². The van der Waals surface area contributed by atoms with E-state index in [0.29, 0.717) is 23.9 Å². The topological polar surface area (TPSA) is 104 Å². The molecule has 2 aromatic rings. The molecule has 0 aliphatic heterocycles. The zero-order valence-corrected chi connectivity index (χ0v) is 13.5. The number of unbranched alkanes of at least 4 members (excludes halogenated alkanes) is 2. The number of aromatic nitrogens is 2. The molecule has 0 spiro atoms. The molecular formula is C17H20N3O4-. The number of para-hydroxylation sites is 1. The molecule has 7 heteroatoms. The van der Waals surface area contributed by atoms with Gasteiger partial charge in [-0.05, 0) is 31.9 Å². The number of hydrogen-bond donors (Lipinski definition) is 1. The van der Waals surface area contributed by atoms with Crippen LogP contribution in [0, 0.1) is 0 Å². The highest BCUT2D eigenvalue weighted by molar-refractivity contribution is 5.82. The van der Waals surface area contributed by atoms with E-state index in [0.717, 1.165) is 12.8 Å². The second-order valence-corrected chi connectivity index (χ2v) is 5.68. The van der Waals surface area contributed by atoms with Gasteiger partial charge >= 0.3 is 0 Å². The number of hydrogen-bond acceptors (Lipinski definition) is 5. The lowest BCUT2D eigenvalue weighted by atomic mass is 10.1. The first-order valence-electron chi connectivity index (χ1n) is 7.93. The Labute approximate surface area is 139 Å². The Balaban J connectivity index is 1.77.